The van der Waals surface area contributed by atoms with E-state index in [0.717, 1.165) is 78.5 Å². The zero-order valence-corrected chi connectivity index (χ0v) is 25.0. The van der Waals surface area contributed by atoms with Gasteiger partial charge in [-0.2, -0.15) is 0 Å². The predicted octanol–water partition coefficient (Wildman–Crippen LogP) is 8.30. The minimum absolute atomic E-state index is 0.100. The Kier molecular flexibility index (Phi) is 12.1. The molecule has 3 rings (SSSR count). The number of hydrogen-bond donors (Lipinski definition) is 0. The van der Waals surface area contributed by atoms with Gasteiger partial charge >= 0.3 is 11.9 Å². The molecule has 0 radical (unpaired) electrons. The average molecular weight is 551 g/mol. The van der Waals surface area contributed by atoms with Crippen LogP contribution in [-0.4, -0.2) is 38.4 Å². The van der Waals surface area contributed by atoms with Crippen LogP contribution in [0, 0.1) is 0 Å². The zero-order chi connectivity index (χ0) is 29.0. The van der Waals surface area contributed by atoms with E-state index in [-0.39, 0.29) is 30.6 Å². The number of ether oxygens (including phenoxy) is 4. The van der Waals surface area contributed by atoms with E-state index in [1.807, 2.05) is 30.3 Å². The van der Waals surface area contributed by atoms with Crippen LogP contribution in [0.1, 0.15) is 91.5 Å². The quantitative estimate of drug-likeness (QED) is 0.101. The van der Waals surface area contributed by atoms with E-state index in [1.54, 1.807) is 0 Å². The molecule has 0 N–H and O–H groups in total. The van der Waals surface area contributed by atoms with Crippen LogP contribution in [-0.2, 0) is 24.5 Å². The highest BCUT2D eigenvalue weighted by Crippen LogP contribution is 2.44. The normalized spacial score (nSPS) is 11.5. The SMILES string of the molecule is CCCCCCOC(=O)COc1c2ccccc2c(OCC(=O)OCCCCCC)c2cc(C(C)(C)C)ccc12. The number of hydrogen-bond acceptors (Lipinski definition) is 6. The fourth-order valence-corrected chi connectivity index (χ4v) is 4.65. The van der Waals surface area contributed by atoms with Gasteiger partial charge in [0.1, 0.15) is 11.5 Å². The van der Waals surface area contributed by atoms with Gasteiger partial charge in [-0.1, -0.05) is 110 Å². The first-order valence-corrected chi connectivity index (χ1v) is 14.8. The third-order valence-corrected chi connectivity index (χ3v) is 6.98. The molecule has 0 aliphatic rings. The van der Waals surface area contributed by atoms with Crippen molar-refractivity contribution in [2.24, 2.45) is 0 Å². The molecule has 0 heterocycles. The monoisotopic (exact) mass is 550 g/mol. The molecular formula is C34H46O6. The molecule has 6 nitrogen and oxygen atoms in total. The van der Waals surface area contributed by atoms with Crippen molar-refractivity contribution in [1.29, 1.82) is 0 Å². The molecule has 0 amide bonds. The smallest absolute Gasteiger partial charge is 0.344 e. The average Bonchev–Trinajstić information content (AvgIpc) is 2.93. The van der Waals surface area contributed by atoms with Crippen molar-refractivity contribution in [1.82, 2.24) is 0 Å². The molecule has 0 spiro atoms. The maximum Gasteiger partial charge on any atom is 0.344 e. The molecule has 6 heteroatoms. The fourth-order valence-electron chi connectivity index (χ4n) is 4.65. The van der Waals surface area contributed by atoms with E-state index >= 15 is 0 Å². The van der Waals surface area contributed by atoms with Crippen LogP contribution >= 0.6 is 0 Å². The van der Waals surface area contributed by atoms with Crippen LogP contribution in [0.2, 0.25) is 0 Å². The summed E-state index contributed by atoms with van der Waals surface area (Å²) < 4.78 is 23.1. The lowest BCUT2D eigenvalue weighted by Crippen LogP contribution is -2.17. The van der Waals surface area contributed by atoms with Crippen molar-refractivity contribution in [2.75, 3.05) is 26.4 Å². The van der Waals surface area contributed by atoms with Gasteiger partial charge in [-0.05, 0) is 29.9 Å². The van der Waals surface area contributed by atoms with Gasteiger partial charge in [-0.15, -0.1) is 0 Å². The van der Waals surface area contributed by atoms with Gasteiger partial charge in [0.05, 0.1) is 13.2 Å². The number of carbonyl (C=O) groups excluding carboxylic acids is 2. The second-order valence-electron chi connectivity index (χ2n) is 11.4. The summed E-state index contributed by atoms with van der Waals surface area (Å²) in [6, 6.07) is 13.9. The number of fused-ring (bicyclic) bond motifs is 2. The van der Waals surface area contributed by atoms with Gasteiger partial charge in [0.2, 0.25) is 0 Å². The molecule has 0 aliphatic carbocycles. The Morgan fingerprint density at radius 1 is 0.625 bits per heavy atom. The molecule has 0 bridgehead atoms. The van der Waals surface area contributed by atoms with Crippen molar-refractivity contribution in [3.63, 3.8) is 0 Å². The van der Waals surface area contributed by atoms with Gasteiger partial charge in [0.25, 0.3) is 0 Å². The van der Waals surface area contributed by atoms with Crippen LogP contribution in [0.4, 0.5) is 0 Å². The van der Waals surface area contributed by atoms with Crippen molar-refractivity contribution < 1.29 is 28.5 Å². The maximum absolute atomic E-state index is 12.5. The molecule has 0 saturated carbocycles. The first-order valence-electron chi connectivity index (χ1n) is 14.8. The van der Waals surface area contributed by atoms with E-state index in [0.29, 0.717) is 24.7 Å². The van der Waals surface area contributed by atoms with Crippen LogP contribution in [0.5, 0.6) is 11.5 Å². The van der Waals surface area contributed by atoms with Gasteiger partial charge in [0.15, 0.2) is 13.2 Å². The summed E-state index contributed by atoms with van der Waals surface area (Å²) in [4.78, 5) is 25.0. The summed E-state index contributed by atoms with van der Waals surface area (Å²) in [6.45, 7) is 11.2. The Labute approximate surface area is 239 Å². The first-order chi connectivity index (χ1) is 19.3. The number of unbranched alkanes of at least 4 members (excludes halogenated alkanes) is 6. The molecule has 0 aliphatic heterocycles. The lowest BCUT2D eigenvalue weighted by atomic mass is 9.85. The highest BCUT2D eigenvalue weighted by atomic mass is 16.6. The molecule has 0 atom stereocenters. The largest absolute Gasteiger partial charge is 0.481 e. The van der Waals surface area contributed by atoms with Crippen LogP contribution in [0.15, 0.2) is 42.5 Å². The van der Waals surface area contributed by atoms with Crippen molar-refractivity contribution in [3.05, 3.63) is 48.0 Å². The minimum Gasteiger partial charge on any atom is -0.481 e. The standard InChI is InChI=1S/C34H46O6/c1-6-8-10-14-20-37-30(35)23-39-32-26-16-12-13-17-27(26)33(40-24-31(36)38-21-15-11-9-7-2)29-22-25(34(3,4)5)18-19-28(29)32/h12-13,16-19,22H,6-11,14-15,20-21,23-24H2,1-5H3. The lowest BCUT2D eigenvalue weighted by molar-refractivity contribution is -0.147. The second-order valence-corrected chi connectivity index (χ2v) is 11.4. The van der Waals surface area contributed by atoms with Gasteiger partial charge in [0, 0.05) is 21.5 Å². The van der Waals surface area contributed by atoms with Gasteiger partial charge < -0.3 is 18.9 Å². The molecule has 40 heavy (non-hydrogen) atoms. The Bertz CT molecular complexity index is 1260. The van der Waals surface area contributed by atoms with Crippen molar-refractivity contribution >= 4 is 33.5 Å². The minimum atomic E-state index is -0.387. The lowest BCUT2D eigenvalue weighted by Gasteiger charge is -2.22. The van der Waals surface area contributed by atoms with Crippen LogP contribution in [0.3, 0.4) is 0 Å². The zero-order valence-electron chi connectivity index (χ0n) is 25.0. The Morgan fingerprint density at radius 3 is 1.57 bits per heavy atom. The number of benzene rings is 3. The molecule has 0 aromatic heterocycles. The van der Waals surface area contributed by atoms with E-state index in [2.05, 4.69) is 46.8 Å². The summed E-state index contributed by atoms with van der Waals surface area (Å²) in [7, 11) is 0. The molecule has 3 aromatic rings. The summed E-state index contributed by atoms with van der Waals surface area (Å²) in [5.41, 5.74) is 1.02. The Balaban J connectivity index is 1.89. The first kappa shape index (κ1) is 31.3. The van der Waals surface area contributed by atoms with E-state index in [1.165, 1.54) is 0 Å². The van der Waals surface area contributed by atoms with Crippen LogP contribution in [0.25, 0.3) is 21.5 Å². The second kappa shape index (κ2) is 15.5. The van der Waals surface area contributed by atoms with Gasteiger partial charge in [-0.3, -0.25) is 0 Å². The highest BCUT2D eigenvalue weighted by molar-refractivity contribution is 6.11. The number of rotatable bonds is 16. The molecule has 3 aromatic carbocycles. The number of carbonyl (C=O) groups is 2. The molecule has 0 saturated heterocycles. The van der Waals surface area contributed by atoms with E-state index < -0.39 is 0 Å². The fraction of sp³-hybridized carbons (Fsp3) is 0.529. The van der Waals surface area contributed by atoms with Crippen molar-refractivity contribution in [3.8, 4) is 11.5 Å². The van der Waals surface area contributed by atoms with E-state index in [9.17, 15) is 9.59 Å². The van der Waals surface area contributed by atoms with Gasteiger partial charge in [-0.25, -0.2) is 9.59 Å². The van der Waals surface area contributed by atoms with E-state index in [4.69, 9.17) is 18.9 Å². The highest BCUT2D eigenvalue weighted by Gasteiger charge is 2.21. The summed E-state index contributed by atoms with van der Waals surface area (Å²) in [5.74, 6) is 0.426. The third-order valence-electron chi connectivity index (χ3n) is 6.98. The number of esters is 2. The maximum atomic E-state index is 12.5. The summed E-state index contributed by atoms with van der Waals surface area (Å²) in [6.07, 6.45) is 8.33. The molecule has 0 fully saturated rings. The third kappa shape index (κ3) is 8.87. The van der Waals surface area contributed by atoms with Crippen molar-refractivity contribution in [2.45, 2.75) is 91.4 Å². The molecular weight excluding hydrogens is 504 g/mol. The van der Waals surface area contributed by atoms with Crippen LogP contribution < -0.4 is 9.47 Å². The summed E-state index contributed by atoms with van der Waals surface area (Å²) in [5, 5.41) is 3.24. The Morgan fingerprint density at radius 2 is 1.10 bits per heavy atom. The Hall–Kier alpha value is -3.28. The predicted molar refractivity (Wildman–Crippen MR) is 161 cm³/mol. The molecule has 0 unspecified atom stereocenters. The molecule has 218 valence electrons. The summed E-state index contributed by atoms with van der Waals surface area (Å²) >= 11 is 0. The topological polar surface area (TPSA) is 71.1 Å².